The molecule has 6 heteroatoms. The molecule has 1 N–H and O–H groups in total. The van der Waals surface area contributed by atoms with E-state index in [1.54, 1.807) is 0 Å². The van der Waals surface area contributed by atoms with Crippen molar-refractivity contribution in [2.75, 3.05) is 27.2 Å². The smallest absolute Gasteiger partial charge is 0.257 e. The van der Waals surface area contributed by atoms with Gasteiger partial charge in [-0.25, -0.2) is 0 Å². The van der Waals surface area contributed by atoms with Gasteiger partial charge in [-0.2, -0.15) is 0 Å². The largest absolute Gasteiger partial charge is 0.375 e. The Balaban J connectivity index is 1.62. The molecule has 1 unspecified atom stereocenters. The summed E-state index contributed by atoms with van der Waals surface area (Å²) in [5, 5.41) is 5.20. The molecule has 4 bridgehead atoms. The highest BCUT2D eigenvalue weighted by atomic mass is 16.5. The van der Waals surface area contributed by atoms with Gasteiger partial charge in [0.05, 0.1) is 18.3 Å². The number of fused-ring (bicyclic) bond motifs is 12. The van der Waals surface area contributed by atoms with Crippen molar-refractivity contribution in [1.82, 2.24) is 19.4 Å². The van der Waals surface area contributed by atoms with Crippen LogP contribution in [-0.2, 0) is 22.6 Å². The minimum Gasteiger partial charge on any atom is -0.375 e. The highest BCUT2D eigenvalue weighted by Gasteiger charge is 2.32. The zero-order valence-electron chi connectivity index (χ0n) is 20.3. The predicted octanol–water partition coefficient (Wildman–Crippen LogP) is 4.50. The molecule has 0 fully saturated rings. The summed E-state index contributed by atoms with van der Waals surface area (Å²) in [5.74, 6) is -0.0920. The zero-order valence-corrected chi connectivity index (χ0v) is 20.3. The number of benzene rings is 2. The minimum atomic E-state index is -0.0920. The Morgan fingerprint density at radius 1 is 0.943 bits per heavy atom. The number of hydrogen-bond acceptors (Lipinski definition) is 3. The number of nitrogens with one attached hydrogen (secondary N) is 1. The normalized spacial score (nSPS) is 18.9. The van der Waals surface area contributed by atoms with E-state index in [0.717, 1.165) is 64.6 Å². The number of likely N-dealkylation sites (N-methyl/N-ethyl adjacent to an activating group) is 1. The summed E-state index contributed by atoms with van der Waals surface area (Å²) in [6.45, 7) is 7.28. The zero-order chi connectivity index (χ0) is 24.1. The van der Waals surface area contributed by atoms with Gasteiger partial charge in [0, 0.05) is 76.2 Å². The van der Waals surface area contributed by atoms with Crippen LogP contribution in [0, 0.1) is 0 Å². The summed E-state index contributed by atoms with van der Waals surface area (Å²) in [4.78, 5) is 15.5. The van der Waals surface area contributed by atoms with Crippen LogP contribution in [-0.4, -0.2) is 53.3 Å². The second-order valence-corrected chi connectivity index (χ2v) is 9.73. The maximum absolute atomic E-state index is 13.4. The first-order chi connectivity index (χ1) is 17.0. The van der Waals surface area contributed by atoms with E-state index in [4.69, 9.17) is 4.74 Å². The number of rotatable bonds is 2. The molecule has 35 heavy (non-hydrogen) atoms. The summed E-state index contributed by atoms with van der Waals surface area (Å²) in [6, 6.07) is 16.7. The quantitative estimate of drug-likeness (QED) is 0.473. The maximum atomic E-state index is 13.4. The number of carbonyl (C=O) groups is 1. The molecule has 178 valence electrons. The number of para-hydroxylation sites is 2. The number of hydrogen-bond donors (Lipinski definition) is 1. The van der Waals surface area contributed by atoms with Gasteiger partial charge in [-0.15, -0.1) is 0 Å². The molecular formula is C29H30N4O2. The van der Waals surface area contributed by atoms with Crippen molar-refractivity contribution in [2.45, 2.75) is 25.6 Å². The van der Waals surface area contributed by atoms with E-state index in [1.165, 1.54) is 0 Å². The highest BCUT2D eigenvalue weighted by molar-refractivity contribution is 6.36. The number of amides is 1. The van der Waals surface area contributed by atoms with Crippen molar-refractivity contribution in [1.29, 1.82) is 0 Å². The van der Waals surface area contributed by atoms with Crippen LogP contribution in [0.5, 0.6) is 0 Å². The topological polar surface area (TPSA) is 51.4 Å². The number of carbonyl (C=O) groups excluding carboxylic acids is 1. The Labute approximate surface area is 205 Å². The second-order valence-electron chi connectivity index (χ2n) is 9.73. The van der Waals surface area contributed by atoms with Gasteiger partial charge in [0.25, 0.3) is 5.91 Å². The summed E-state index contributed by atoms with van der Waals surface area (Å²) in [5.41, 5.74) is 6.47. The highest BCUT2D eigenvalue weighted by Crippen LogP contribution is 2.42. The summed E-state index contributed by atoms with van der Waals surface area (Å²) >= 11 is 0. The Kier molecular flexibility index (Phi) is 5.35. The molecule has 1 amide bonds. The first-order valence-electron chi connectivity index (χ1n) is 12.2. The predicted molar refractivity (Wildman–Crippen MR) is 141 cm³/mol. The Morgan fingerprint density at radius 2 is 1.54 bits per heavy atom. The van der Waals surface area contributed by atoms with Crippen molar-refractivity contribution >= 4 is 38.9 Å². The minimum absolute atomic E-state index is 0.0920. The van der Waals surface area contributed by atoms with Crippen LogP contribution < -0.4 is 5.32 Å². The molecule has 0 radical (unpaired) electrons. The number of nitrogens with zero attached hydrogens (tertiary/aromatic N) is 3. The second kappa shape index (κ2) is 8.56. The number of ether oxygens (including phenoxy) is 1. The summed E-state index contributed by atoms with van der Waals surface area (Å²) < 4.78 is 10.9. The van der Waals surface area contributed by atoms with Gasteiger partial charge in [-0.3, -0.25) is 4.79 Å². The Bertz CT molecular complexity index is 1500. The van der Waals surface area contributed by atoms with Crippen LogP contribution in [0.15, 0.2) is 73.2 Å². The number of aryl methyl sites for hydroxylation is 1. The third-order valence-electron chi connectivity index (χ3n) is 7.11. The van der Waals surface area contributed by atoms with Crippen LogP contribution in [0.4, 0.5) is 0 Å². The number of aromatic nitrogens is 2. The van der Waals surface area contributed by atoms with Crippen LogP contribution in [0.25, 0.3) is 33.0 Å². The van der Waals surface area contributed by atoms with Gasteiger partial charge in [0.15, 0.2) is 0 Å². The molecule has 6 rings (SSSR count). The molecular weight excluding hydrogens is 436 g/mol. The lowest BCUT2D eigenvalue weighted by Crippen LogP contribution is -2.30. The monoisotopic (exact) mass is 466 g/mol. The third kappa shape index (κ3) is 3.70. The third-order valence-corrected chi connectivity index (χ3v) is 7.11. The molecule has 2 aromatic carbocycles. The average molecular weight is 467 g/mol. The van der Waals surface area contributed by atoms with Crippen molar-refractivity contribution in [3.8, 4) is 0 Å². The Morgan fingerprint density at radius 3 is 2.20 bits per heavy atom. The lowest BCUT2D eigenvalue weighted by molar-refractivity contribution is -0.114. The van der Waals surface area contributed by atoms with Gasteiger partial charge in [0.2, 0.25) is 0 Å². The van der Waals surface area contributed by atoms with Crippen molar-refractivity contribution in [3.63, 3.8) is 0 Å². The van der Waals surface area contributed by atoms with Crippen molar-refractivity contribution in [3.05, 3.63) is 84.3 Å². The molecule has 2 aromatic heterocycles. The molecule has 0 aliphatic carbocycles. The standard InChI is InChI=1S/C29H30N4O2/c1-19-27-23-17-33(26-11-7-4-8-21(23)26)14-15-35-20(16-31(2)3)12-13-32-18-24(28(27)29(34)30-19)22-9-5-6-10-25(22)32/h4-11,17-18,20H,1,12-16H2,2-3H3,(H,30,34). The van der Waals surface area contributed by atoms with E-state index >= 15 is 0 Å². The lowest BCUT2D eigenvalue weighted by Gasteiger charge is -2.22. The van der Waals surface area contributed by atoms with E-state index in [9.17, 15) is 4.79 Å². The molecule has 4 heterocycles. The van der Waals surface area contributed by atoms with E-state index in [-0.39, 0.29) is 12.0 Å². The van der Waals surface area contributed by atoms with Gasteiger partial charge >= 0.3 is 0 Å². The lowest BCUT2D eigenvalue weighted by atomic mass is 9.95. The average Bonchev–Trinajstić information content (AvgIpc) is 3.47. The molecule has 0 spiro atoms. The first-order valence-corrected chi connectivity index (χ1v) is 12.2. The first kappa shape index (κ1) is 21.9. The van der Waals surface area contributed by atoms with E-state index in [0.29, 0.717) is 17.9 Å². The Hall–Kier alpha value is -3.61. The van der Waals surface area contributed by atoms with Gasteiger partial charge in [-0.1, -0.05) is 43.0 Å². The fraction of sp³-hybridized carbons (Fsp3) is 0.276. The molecule has 6 nitrogen and oxygen atoms in total. The SMILES string of the molecule is C=C1NC(=O)C2=C1c1cn(c3ccccc13)CCOC(CN(C)C)CCn1cc2c2ccccc21. The van der Waals surface area contributed by atoms with E-state index < -0.39 is 0 Å². The van der Waals surface area contributed by atoms with E-state index in [1.807, 2.05) is 12.1 Å². The maximum Gasteiger partial charge on any atom is 0.257 e. The van der Waals surface area contributed by atoms with Crippen LogP contribution in [0.2, 0.25) is 0 Å². The molecule has 0 saturated heterocycles. The van der Waals surface area contributed by atoms with Crippen LogP contribution in [0.1, 0.15) is 17.5 Å². The van der Waals surface area contributed by atoms with Crippen molar-refractivity contribution < 1.29 is 9.53 Å². The summed E-state index contributed by atoms with van der Waals surface area (Å²) in [6.07, 6.45) is 5.29. The fourth-order valence-electron chi connectivity index (χ4n) is 5.58. The van der Waals surface area contributed by atoms with Gasteiger partial charge in [0.1, 0.15) is 0 Å². The van der Waals surface area contributed by atoms with Crippen LogP contribution in [0.3, 0.4) is 0 Å². The fourth-order valence-corrected chi connectivity index (χ4v) is 5.58. The molecule has 1 atom stereocenters. The molecule has 0 saturated carbocycles. The van der Waals surface area contributed by atoms with Gasteiger partial charge < -0.3 is 24.1 Å². The van der Waals surface area contributed by atoms with Crippen molar-refractivity contribution in [2.24, 2.45) is 0 Å². The molecule has 2 aliphatic heterocycles. The van der Waals surface area contributed by atoms with Crippen LogP contribution >= 0.6 is 0 Å². The molecule has 2 aliphatic rings. The van der Waals surface area contributed by atoms with E-state index in [2.05, 4.69) is 88.8 Å². The number of allylic oxidation sites excluding steroid dienone is 1. The molecule has 4 aromatic rings. The summed E-state index contributed by atoms with van der Waals surface area (Å²) in [7, 11) is 4.17. The van der Waals surface area contributed by atoms with Gasteiger partial charge in [-0.05, 0) is 32.6 Å².